The maximum atomic E-state index is 11.8. The Balaban J connectivity index is 0.00000225. The van der Waals surface area contributed by atoms with Crippen LogP contribution < -0.4 is 10.5 Å². The molecule has 0 aliphatic heterocycles. The molecule has 1 aromatic rings. The van der Waals surface area contributed by atoms with E-state index in [0.717, 1.165) is 3.57 Å². The van der Waals surface area contributed by atoms with Crippen molar-refractivity contribution in [2.75, 3.05) is 6.54 Å². The molecule has 16 heavy (non-hydrogen) atoms. The van der Waals surface area contributed by atoms with E-state index in [9.17, 15) is 8.42 Å². The predicted octanol–water partition coefficient (Wildman–Crippen LogP) is 1.34. The molecular weight excluding hydrogens is 363 g/mol. The Morgan fingerprint density at radius 3 is 2.62 bits per heavy atom. The summed E-state index contributed by atoms with van der Waals surface area (Å²) in [6.07, 6.45) is 0. The van der Waals surface area contributed by atoms with E-state index in [0.29, 0.717) is 0 Å². The third-order valence-electron chi connectivity index (χ3n) is 1.82. The van der Waals surface area contributed by atoms with Gasteiger partial charge >= 0.3 is 0 Å². The quantitative estimate of drug-likeness (QED) is 0.779. The monoisotopic (exact) mass is 376 g/mol. The normalized spacial score (nSPS) is 12.9. The fourth-order valence-corrected chi connectivity index (χ4v) is 3.07. The Labute approximate surface area is 116 Å². The molecule has 7 heteroatoms. The fourth-order valence-electron chi connectivity index (χ4n) is 1.02. The van der Waals surface area contributed by atoms with Gasteiger partial charge in [-0.1, -0.05) is 6.07 Å². The smallest absolute Gasteiger partial charge is 0.240 e. The summed E-state index contributed by atoms with van der Waals surface area (Å²) in [5.41, 5.74) is 5.36. The lowest BCUT2D eigenvalue weighted by Gasteiger charge is -2.11. The zero-order chi connectivity index (χ0) is 11.5. The second-order valence-corrected chi connectivity index (χ2v) is 6.18. The van der Waals surface area contributed by atoms with Gasteiger partial charge in [0.2, 0.25) is 10.0 Å². The van der Waals surface area contributed by atoms with Crippen LogP contribution in [0.25, 0.3) is 0 Å². The van der Waals surface area contributed by atoms with E-state index in [2.05, 4.69) is 27.3 Å². The van der Waals surface area contributed by atoms with E-state index in [1.165, 1.54) is 0 Å². The number of halogens is 2. The zero-order valence-corrected chi connectivity index (χ0v) is 12.5. The lowest BCUT2D eigenvalue weighted by molar-refractivity contribution is 0.562. The average molecular weight is 377 g/mol. The van der Waals surface area contributed by atoms with Crippen LogP contribution in [0.5, 0.6) is 0 Å². The van der Waals surface area contributed by atoms with Crippen molar-refractivity contribution in [1.82, 2.24) is 4.72 Å². The molecule has 0 saturated heterocycles. The standard InChI is InChI=1S/C9H13IN2O2S.ClH/c1-7(6-11)12-15(13,14)9-4-2-3-8(10)5-9;/h2-5,7,12H,6,11H2,1H3;1H/t7-;/m0./s1. The van der Waals surface area contributed by atoms with E-state index in [4.69, 9.17) is 5.73 Å². The number of hydrogen-bond donors (Lipinski definition) is 2. The Bertz CT molecular complexity index is 439. The SMILES string of the molecule is C[C@@H](CN)NS(=O)(=O)c1cccc(I)c1.Cl. The molecule has 0 amide bonds. The third-order valence-corrected chi connectivity index (χ3v) is 4.07. The molecule has 0 fully saturated rings. The zero-order valence-electron chi connectivity index (χ0n) is 8.68. The number of benzene rings is 1. The van der Waals surface area contributed by atoms with Gasteiger partial charge in [0.25, 0.3) is 0 Å². The van der Waals surface area contributed by atoms with Crippen molar-refractivity contribution in [3.63, 3.8) is 0 Å². The van der Waals surface area contributed by atoms with Gasteiger partial charge in [0.1, 0.15) is 0 Å². The molecule has 0 radical (unpaired) electrons. The van der Waals surface area contributed by atoms with Crippen molar-refractivity contribution in [3.8, 4) is 0 Å². The van der Waals surface area contributed by atoms with Crippen LogP contribution in [0.15, 0.2) is 29.2 Å². The number of nitrogens with one attached hydrogen (secondary N) is 1. The van der Waals surface area contributed by atoms with Gasteiger partial charge < -0.3 is 5.73 Å². The molecule has 1 atom stereocenters. The first-order valence-corrected chi connectivity index (χ1v) is 7.00. The second kappa shape index (κ2) is 6.75. The maximum Gasteiger partial charge on any atom is 0.240 e. The van der Waals surface area contributed by atoms with E-state index in [-0.39, 0.29) is 29.9 Å². The average Bonchev–Trinajstić information content (AvgIpc) is 2.17. The summed E-state index contributed by atoms with van der Waals surface area (Å²) in [5.74, 6) is 0. The summed E-state index contributed by atoms with van der Waals surface area (Å²) >= 11 is 2.07. The van der Waals surface area contributed by atoms with Gasteiger partial charge in [0.05, 0.1) is 4.90 Å². The number of rotatable bonds is 4. The molecule has 0 aliphatic rings. The first-order valence-electron chi connectivity index (χ1n) is 4.43. The van der Waals surface area contributed by atoms with Gasteiger partial charge in [-0.25, -0.2) is 13.1 Å². The Hall–Kier alpha value is 0.110. The molecule has 0 bridgehead atoms. The first-order chi connectivity index (χ1) is 6.95. The number of hydrogen-bond acceptors (Lipinski definition) is 3. The molecule has 92 valence electrons. The molecule has 0 spiro atoms. The molecule has 3 N–H and O–H groups in total. The highest BCUT2D eigenvalue weighted by molar-refractivity contribution is 14.1. The second-order valence-electron chi connectivity index (χ2n) is 3.22. The van der Waals surface area contributed by atoms with Gasteiger partial charge in [0, 0.05) is 16.2 Å². The van der Waals surface area contributed by atoms with Crippen LogP contribution in [-0.4, -0.2) is 21.0 Å². The molecule has 0 saturated carbocycles. The summed E-state index contributed by atoms with van der Waals surface area (Å²) in [4.78, 5) is 0.273. The van der Waals surface area contributed by atoms with Crippen LogP contribution in [0.2, 0.25) is 0 Å². The Kier molecular flexibility index (Phi) is 6.80. The van der Waals surface area contributed by atoms with E-state index in [1.54, 1.807) is 25.1 Å². The van der Waals surface area contributed by atoms with Crippen molar-refractivity contribution in [1.29, 1.82) is 0 Å². The highest BCUT2D eigenvalue weighted by Gasteiger charge is 2.16. The third kappa shape index (κ3) is 4.54. The van der Waals surface area contributed by atoms with Crippen LogP contribution in [0.1, 0.15) is 6.92 Å². The minimum Gasteiger partial charge on any atom is -0.329 e. The van der Waals surface area contributed by atoms with Crippen LogP contribution in [-0.2, 0) is 10.0 Å². The minimum atomic E-state index is -3.43. The van der Waals surface area contributed by atoms with Crippen LogP contribution >= 0.6 is 35.0 Å². The largest absolute Gasteiger partial charge is 0.329 e. The summed E-state index contributed by atoms with van der Waals surface area (Å²) in [7, 11) is -3.43. The van der Waals surface area contributed by atoms with Gasteiger partial charge in [0.15, 0.2) is 0 Å². The maximum absolute atomic E-state index is 11.8. The van der Waals surface area contributed by atoms with Crippen LogP contribution in [0.4, 0.5) is 0 Å². The molecule has 0 heterocycles. The summed E-state index contributed by atoms with van der Waals surface area (Å²) in [6.45, 7) is 2.01. The van der Waals surface area contributed by atoms with Crippen molar-refractivity contribution >= 4 is 45.0 Å². The summed E-state index contributed by atoms with van der Waals surface area (Å²) in [6, 6.07) is 6.47. The van der Waals surface area contributed by atoms with Crippen LogP contribution in [0, 0.1) is 3.57 Å². The van der Waals surface area contributed by atoms with Gasteiger partial charge in [-0.2, -0.15) is 0 Å². The first kappa shape index (κ1) is 16.1. The fraction of sp³-hybridized carbons (Fsp3) is 0.333. The van der Waals surface area contributed by atoms with Crippen LogP contribution in [0.3, 0.4) is 0 Å². The molecule has 0 unspecified atom stereocenters. The van der Waals surface area contributed by atoms with Gasteiger partial charge in [-0.15, -0.1) is 12.4 Å². The van der Waals surface area contributed by atoms with Crippen molar-refractivity contribution in [3.05, 3.63) is 27.8 Å². The summed E-state index contributed by atoms with van der Waals surface area (Å²) < 4.78 is 26.9. The van der Waals surface area contributed by atoms with E-state index < -0.39 is 10.0 Å². The van der Waals surface area contributed by atoms with Crippen molar-refractivity contribution < 1.29 is 8.42 Å². The Morgan fingerprint density at radius 2 is 2.12 bits per heavy atom. The lowest BCUT2D eigenvalue weighted by atomic mass is 10.4. The molecule has 0 aromatic heterocycles. The molecule has 1 rings (SSSR count). The topological polar surface area (TPSA) is 72.2 Å². The van der Waals surface area contributed by atoms with Crippen molar-refractivity contribution in [2.45, 2.75) is 17.9 Å². The van der Waals surface area contributed by atoms with E-state index in [1.807, 2.05) is 6.07 Å². The highest BCUT2D eigenvalue weighted by Crippen LogP contribution is 2.13. The highest BCUT2D eigenvalue weighted by atomic mass is 127. The predicted molar refractivity (Wildman–Crippen MR) is 75.2 cm³/mol. The lowest BCUT2D eigenvalue weighted by Crippen LogP contribution is -2.37. The van der Waals surface area contributed by atoms with Gasteiger partial charge in [-0.05, 0) is 47.7 Å². The van der Waals surface area contributed by atoms with E-state index >= 15 is 0 Å². The number of nitrogens with two attached hydrogens (primary N) is 1. The Morgan fingerprint density at radius 1 is 1.50 bits per heavy atom. The molecule has 4 nitrogen and oxygen atoms in total. The molecule has 1 aromatic carbocycles. The van der Waals surface area contributed by atoms with Gasteiger partial charge in [-0.3, -0.25) is 0 Å². The minimum absolute atomic E-state index is 0. The molecule has 0 aliphatic carbocycles. The molecular formula is C9H14ClIN2O2S. The number of sulfonamides is 1. The summed E-state index contributed by atoms with van der Waals surface area (Å²) in [5, 5.41) is 0. The van der Waals surface area contributed by atoms with Crippen molar-refractivity contribution in [2.24, 2.45) is 5.73 Å².